The van der Waals surface area contributed by atoms with E-state index in [0.29, 0.717) is 17.8 Å². The first kappa shape index (κ1) is 15.8. The van der Waals surface area contributed by atoms with Crippen molar-refractivity contribution in [2.45, 2.75) is 38.1 Å². The van der Waals surface area contributed by atoms with E-state index < -0.39 is 10.0 Å². The molecule has 0 spiro atoms. The minimum atomic E-state index is -3.31. The zero-order valence-corrected chi connectivity index (χ0v) is 13.1. The number of rotatable bonds is 5. The van der Waals surface area contributed by atoms with Gasteiger partial charge in [0.15, 0.2) is 0 Å². The number of aryl methyl sites for hydroxylation is 1. The number of benzene rings is 1. The molecule has 0 unspecified atom stereocenters. The number of anilines is 2. The minimum absolute atomic E-state index is 0.111. The van der Waals surface area contributed by atoms with Crippen LogP contribution in [0.3, 0.4) is 0 Å². The number of hydrogen-bond donors (Lipinski definition) is 3. The zero-order chi connectivity index (χ0) is 15.7. The van der Waals surface area contributed by atoms with Gasteiger partial charge in [-0.05, 0) is 49.9 Å². The zero-order valence-electron chi connectivity index (χ0n) is 12.3. The van der Waals surface area contributed by atoms with Crippen molar-refractivity contribution >= 4 is 27.3 Å². The van der Waals surface area contributed by atoms with Crippen LogP contribution in [-0.2, 0) is 14.8 Å². The number of hydrogen-bond acceptors (Lipinski definition) is 4. The van der Waals surface area contributed by atoms with Crippen molar-refractivity contribution in [3.8, 4) is 0 Å². The summed E-state index contributed by atoms with van der Waals surface area (Å²) in [6.07, 6.45) is 4.26. The molecule has 1 fully saturated rings. The third-order valence-electron chi connectivity index (χ3n) is 3.67. The number of nitrogens with two attached hydrogens (primary N) is 1. The number of sulfonamides is 1. The summed E-state index contributed by atoms with van der Waals surface area (Å²) < 4.78 is 24.9. The molecule has 21 heavy (non-hydrogen) atoms. The molecule has 0 radical (unpaired) electrons. The first-order valence-corrected chi connectivity index (χ1v) is 8.73. The van der Waals surface area contributed by atoms with Crippen molar-refractivity contribution in [1.29, 1.82) is 0 Å². The van der Waals surface area contributed by atoms with Gasteiger partial charge in [0.05, 0.1) is 11.9 Å². The molecular formula is C14H21N3O3S. The molecule has 2 rings (SSSR count). The second-order valence-corrected chi connectivity index (χ2v) is 7.59. The van der Waals surface area contributed by atoms with Crippen LogP contribution in [0.4, 0.5) is 11.4 Å². The Morgan fingerprint density at radius 1 is 1.38 bits per heavy atom. The van der Waals surface area contributed by atoms with Gasteiger partial charge in [0.25, 0.3) is 0 Å². The number of amides is 1. The summed E-state index contributed by atoms with van der Waals surface area (Å²) in [6, 6.07) is 5.03. The van der Waals surface area contributed by atoms with E-state index in [9.17, 15) is 13.2 Å². The summed E-state index contributed by atoms with van der Waals surface area (Å²) in [6.45, 7) is 1.78. The highest BCUT2D eigenvalue weighted by Gasteiger charge is 2.34. The van der Waals surface area contributed by atoms with Gasteiger partial charge in [-0.25, -0.2) is 8.42 Å². The fourth-order valence-electron chi connectivity index (χ4n) is 2.39. The van der Waals surface area contributed by atoms with Gasteiger partial charge in [-0.1, -0.05) is 0 Å². The maximum absolute atomic E-state index is 11.9. The smallest absolute Gasteiger partial charge is 0.229 e. The van der Waals surface area contributed by atoms with Crippen molar-refractivity contribution in [2.24, 2.45) is 5.73 Å². The molecule has 0 heterocycles. The van der Waals surface area contributed by atoms with Gasteiger partial charge in [0.2, 0.25) is 15.9 Å². The highest BCUT2D eigenvalue weighted by molar-refractivity contribution is 7.92. The van der Waals surface area contributed by atoms with Crippen LogP contribution in [0.2, 0.25) is 0 Å². The van der Waals surface area contributed by atoms with Crippen LogP contribution >= 0.6 is 0 Å². The average Bonchev–Trinajstić information content (AvgIpc) is 2.29. The molecule has 116 valence electrons. The van der Waals surface area contributed by atoms with Crippen LogP contribution in [0.1, 0.15) is 31.2 Å². The highest BCUT2D eigenvalue weighted by Crippen LogP contribution is 2.32. The van der Waals surface area contributed by atoms with Crippen LogP contribution in [0.5, 0.6) is 0 Å². The third-order valence-corrected chi connectivity index (χ3v) is 4.26. The summed E-state index contributed by atoms with van der Waals surface area (Å²) >= 11 is 0. The van der Waals surface area contributed by atoms with Gasteiger partial charge in [-0.2, -0.15) is 0 Å². The number of nitrogens with one attached hydrogen (secondary N) is 2. The lowest BCUT2D eigenvalue weighted by Gasteiger charge is -2.37. The quantitative estimate of drug-likeness (QED) is 0.768. The Balaban J connectivity index is 2.01. The Labute approximate surface area is 125 Å². The Bertz CT molecular complexity index is 651. The second-order valence-electron chi connectivity index (χ2n) is 5.84. The van der Waals surface area contributed by atoms with E-state index in [1.165, 1.54) is 0 Å². The second kappa shape index (κ2) is 5.65. The first-order valence-electron chi connectivity index (χ1n) is 6.84. The van der Waals surface area contributed by atoms with Gasteiger partial charge in [0.1, 0.15) is 0 Å². The largest absolute Gasteiger partial charge is 0.326 e. The monoisotopic (exact) mass is 311 g/mol. The molecule has 1 amide bonds. The Morgan fingerprint density at radius 2 is 2.05 bits per heavy atom. The van der Waals surface area contributed by atoms with Gasteiger partial charge in [-0.15, -0.1) is 0 Å². The lowest BCUT2D eigenvalue weighted by Crippen LogP contribution is -2.48. The molecule has 4 N–H and O–H groups in total. The summed E-state index contributed by atoms with van der Waals surface area (Å²) in [5.41, 5.74) is 7.58. The average molecular weight is 311 g/mol. The van der Waals surface area contributed by atoms with E-state index in [4.69, 9.17) is 5.73 Å². The first-order chi connectivity index (χ1) is 9.67. The predicted octanol–water partition coefficient (Wildman–Crippen LogP) is 1.58. The summed E-state index contributed by atoms with van der Waals surface area (Å²) in [5, 5.41) is 2.80. The van der Waals surface area contributed by atoms with Crippen molar-refractivity contribution in [2.75, 3.05) is 16.3 Å². The van der Waals surface area contributed by atoms with Gasteiger partial charge in [-0.3, -0.25) is 9.52 Å². The highest BCUT2D eigenvalue weighted by atomic mass is 32.2. The number of carbonyl (C=O) groups excluding carboxylic acids is 1. The molecule has 0 saturated heterocycles. The van der Waals surface area contributed by atoms with Gasteiger partial charge < -0.3 is 11.1 Å². The maximum Gasteiger partial charge on any atom is 0.229 e. The molecule has 1 aliphatic rings. The molecule has 1 saturated carbocycles. The van der Waals surface area contributed by atoms with Crippen LogP contribution in [-0.4, -0.2) is 26.1 Å². The molecule has 1 aliphatic carbocycles. The standard InChI is InChI=1S/C14H21N3O3S/c1-10-8-11(4-5-12(10)17-21(2,19)20)16-13(18)9-14(15)6-3-7-14/h4-5,8,17H,3,6-7,9,15H2,1-2H3,(H,16,18). The van der Waals surface area contributed by atoms with E-state index in [1.54, 1.807) is 25.1 Å². The molecule has 7 heteroatoms. The summed E-state index contributed by atoms with van der Waals surface area (Å²) in [7, 11) is -3.31. The van der Waals surface area contributed by atoms with E-state index >= 15 is 0 Å². The van der Waals surface area contributed by atoms with Crippen LogP contribution in [0, 0.1) is 6.92 Å². The lowest BCUT2D eigenvalue weighted by atomic mass is 9.75. The summed E-state index contributed by atoms with van der Waals surface area (Å²) in [4.78, 5) is 11.9. The molecule has 0 aliphatic heterocycles. The van der Waals surface area contributed by atoms with Crippen molar-refractivity contribution in [1.82, 2.24) is 0 Å². The SMILES string of the molecule is Cc1cc(NC(=O)CC2(N)CCC2)ccc1NS(C)(=O)=O. The van der Waals surface area contributed by atoms with E-state index in [-0.39, 0.29) is 11.4 Å². The van der Waals surface area contributed by atoms with Crippen molar-refractivity contribution in [3.63, 3.8) is 0 Å². The minimum Gasteiger partial charge on any atom is -0.326 e. The topological polar surface area (TPSA) is 101 Å². The molecule has 1 aromatic rings. The van der Waals surface area contributed by atoms with Crippen molar-refractivity contribution < 1.29 is 13.2 Å². The van der Waals surface area contributed by atoms with Gasteiger partial charge in [0, 0.05) is 17.6 Å². The van der Waals surface area contributed by atoms with Crippen LogP contribution in [0.25, 0.3) is 0 Å². The lowest BCUT2D eigenvalue weighted by molar-refractivity contribution is -0.118. The Morgan fingerprint density at radius 3 is 2.52 bits per heavy atom. The molecular weight excluding hydrogens is 290 g/mol. The van der Waals surface area contributed by atoms with Crippen LogP contribution < -0.4 is 15.8 Å². The van der Waals surface area contributed by atoms with Crippen LogP contribution in [0.15, 0.2) is 18.2 Å². The normalized spacial score (nSPS) is 16.9. The summed E-state index contributed by atoms with van der Waals surface area (Å²) in [5.74, 6) is -0.111. The van der Waals surface area contributed by atoms with E-state index in [0.717, 1.165) is 31.1 Å². The third kappa shape index (κ3) is 4.44. The Kier molecular flexibility index (Phi) is 4.25. The molecule has 1 aromatic carbocycles. The Hall–Kier alpha value is -1.60. The number of carbonyl (C=O) groups is 1. The molecule has 0 aromatic heterocycles. The van der Waals surface area contributed by atoms with E-state index in [2.05, 4.69) is 10.0 Å². The van der Waals surface area contributed by atoms with Crippen molar-refractivity contribution in [3.05, 3.63) is 23.8 Å². The molecule has 0 atom stereocenters. The van der Waals surface area contributed by atoms with Gasteiger partial charge >= 0.3 is 0 Å². The molecule has 0 bridgehead atoms. The maximum atomic E-state index is 11.9. The fraction of sp³-hybridized carbons (Fsp3) is 0.500. The van der Waals surface area contributed by atoms with E-state index in [1.807, 2.05) is 0 Å². The fourth-order valence-corrected chi connectivity index (χ4v) is 3.02. The predicted molar refractivity (Wildman–Crippen MR) is 83.7 cm³/mol. The molecule has 6 nitrogen and oxygen atoms in total.